The van der Waals surface area contributed by atoms with Gasteiger partial charge in [0.2, 0.25) is 15.9 Å². The number of esters is 1. The maximum Gasteiger partial charge on any atom is 0.337 e. The predicted molar refractivity (Wildman–Crippen MR) is 66.8 cm³/mol. The smallest absolute Gasteiger partial charge is 0.337 e. The van der Waals surface area contributed by atoms with Gasteiger partial charge in [-0.2, -0.15) is 4.72 Å². The maximum atomic E-state index is 11.9. The molecule has 0 aliphatic heterocycles. The number of carbonyl (C=O) groups is 2. The van der Waals surface area contributed by atoms with Gasteiger partial charge < -0.3 is 10.5 Å². The highest BCUT2D eigenvalue weighted by molar-refractivity contribution is 7.89. The Hall–Kier alpha value is -1.93. The van der Waals surface area contributed by atoms with Crippen LogP contribution in [0.25, 0.3) is 0 Å². The third-order valence-electron chi connectivity index (χ3n) is 2.32. The molecule has 1 aromatic rings. The van der Waals surface area contributed by atoms with Gasteiger partial charge in [0.05, 0.1) is 23.6 Å². The average molecular weight is 286 g/mol. The van der Waals surface area contributed by atoms with Crippen LogP contribution in [0.3, 0.4) is 0 Å². The van der Waals surface area contributed by atoms with E-state index in [9.17, 15) is 18.0 Å². The number of amides is 1. The summed E-state index contributed by atoms with van der Waals surface area (Å²) >= 11 is 0. The lowest BCUT2D eigenvalue weighted by molar-refractivity contribution is -0.119. The first kappa shape index (κ1) is 15.1. The molecule has 19 heavy (non-hydrogen) atoms. The van der Waals surface area contributed by atoms with Crippen LogP contribution < -0.4 is 10.5 Å². The molecule has 104 valence electrons. The van der Waals surface area contributed by atoms with Gasteiger partial charge in [-0.25, -0.2) is 13.2 Å². The summed E-state index contributed by atoms with van der Waals surface area (Å²) < 4.78 is 30.5. The molecule has 1 aromatic carbocycles. The number of benzene rings is 1. The van der Waals surface area contributed by atoms with Crippen LogP contribution in [0.15, 0.2) is 29.2 Å². The molecule has 0 aliphatic carbocycles. The first-order valence-electron chi connectivity index (χ1n) is 5.28. The van der Waals surface area contributed by atoms with E-state index in [1.807, 2.05) is 0 Å². The van der Waals surface area contributed by atoms with Crippen LogP contribution >= 0.6 is 0 Å². The molecule has 1 amide bonds. The lowest BCUT2D eigenvalue weighted by atomic mass is 10.2. The van der Waals surface area contributed by atoms with Crippen molar-refractivity contribution >= 4 is 21.9 Å². The van der Waals surface area contributed by atoms with Gasteiger partial charge in [0.15, 0.2) is 0 Å². The van der Waals surface area contributed by atoms with Gasteiger partial charge in [-0.05, 0) is 25.1 Å². The summed E-state index contributed by atoms with van der Waals surface area (Å²) in [6.07, 6.45) is 0. The van der Waals surface area contributed by atoms with Crippen LogP contribution in [0, 0.1) is 0 Å². The van der Waals surface area contributed by atoms with Crippen molar-refractivity contribution < 1.29 is 22.7 Å². The Kier molecular flexibility index (Phi) is 4.62. The van der Waals surface area contributed by atoms with Gasteiger partial charge in [-0.3, -0.25) is 4.79 Å². The van der Waals surface area contributed by atoms with E-state index < -0.39 is 27.9 Å². The van der Waals surface area contributed by atoms with Gasteiger partial charge in [0, 0.05) is 0 Å². The zero-order chi connectivity index (χ0) is 14.6. The van der Waals surface area contributed by atoms with Crippen LogP contribution in [0.5, 0.6) is 0 Å². The third kappa shape index (κ3) is 3.76. The number of hydrogen-bond donors (Lipinski definition) is 2. The Bertz CT molecular complexity index is 597. The van der Waals surface area contributed by atoms with Gasteiger partial charge in [-0.15, -0.1) is 0 Å². The normalized spacial score (nSPS) is 12.7. The van der Waals surface area contributed by atoms with Gasteiger partial charge in [-0.1, -0.05) is 6.07 Å². The fourth-order valence-corrected chi connectivity index (χ4v) is 2.52. The van der Waals surface area contributed by atoms with E-state index in [1.165, 1.54) is 32.2 Å². The molecular formula is C11H14N2O5S. The van der Waals surface area contributed by atoms with E-state index in [0.29, 0.717) is 0 Å². The van der Waals surface area contributed by atoms with Crippen molar-refractivity contribution in [3.8, 4) is 0 Å². The lowest BCUT2D eigenvalue weighted by Crippen LogP contribution is -2.42. The molecule has 7 nitrogen and oxygen atoms in total. The monoisotopic (exact) mass is 286 g/mol. The lowest BCUT2D eigenvalue weighted by Gasteiger charge is -2.11. The van der Waals surface area contributed by atoms with Gasteiger partial charge in [0.1, 0.15) is 0 Å². The Balaban J connectivity index is 3.08. The van der Waals surface area contributed by atoms with Gasteiger partial charge in [0.25, 0.3) is 0 Å². The molecule has 1 atom stereocenters. The Morgan fingerprint density at radius 3 is 2.53 bits per heavy atom. The first-order valence-corrected chi connectivity index (χ1v) is 6.76. The molecular weight excluding hydrogens is 272 g/mol. The minimum atomic E-state index is -3.93. The highest BCUT2D eigenvalue weighted by atomic mass is 32.2. The number of ether oxygens (including phenoxy) is 1. The molecule has 1 unspecified atom stereocenters. The van der Waals surface area contributed by atoms with Crippen molar-refractivity contribution in [2.75, 3.05) is 7.11 Å². The minimum Gasteiger partial charge on any atom is -0.465 e. The van der Waals surface area contributed by atoms with Crippen LogP contribution in [-0.4, -0.2) is 33.4 Å². The number of sulfonamides is 1. The Labute approximate surface area is 110 Å². The number of methoxy groups -OCH3 is 1. The average Bonchev–Trinajstić information content (AvgIpc) is 2.37. The SMILES string of the molecule is COC(=O)c1cccc(S(=O)(=O)NC(C)C(N)=O)c1. The molecule has 0 heterocycles. The van der Waals surface area contributed by atoms with Crippen molar-refractivity contribution in [2.24, 2.45) is 5.73 Å². The van der Waals surface area contributed by atoms with E-state index >= 15 is 0 Å². The molecule has 3 N–H and O–H groups in total. The second-order valence-electron chi connectivity index (χ2n) is 3.76. The van der Waals surface area contributed by atoms with E-state index in [0.717, 1.165) is 6.07 Å². The molecule has 0 aliphatic rings. The molecule has 0 bridgehead atoms. The Morgan fingerprint density at radius 1 is 1.37 bits per heavy atom. The molecule has 0 aromatic heterocycles. The van der Waals surface area contributed by atoms with Crippen molar-refractivity contribution in [1.82, 2.24) is 4.72 Å². The molecule has 0 fully saturated rings. The molecule has 1 rings (SSSR count). The topological polar surface area (TPSA) is 116 Å². The number of nitrogens with two attached hydrogens (primary N) is 1. The first-order chi connectivity index (χ1) is 8.77. The molecule has 0 spiro atoms. The van der Waals surface area contributed by atoms with Crippen molar-refractivity contribution in [3.05, 3.63) is 29.8 Å². The van der Waals surface area contributed by atoms with E-state index in [-0.39, 0.29) is 10.5 Å². The molecule has 0 saturated carbocycles. The molecule has 0 radical (unpaired) electrons. The second-order valence-corrected chi connectivity index (χ2v) is 5.48. The van der Waals surface area contributed by atoms with E-state index in [4.69, 9.17) is 5.73 Å². The summed E-state index contributed by atoms with van der Waals surface area (Å²) in [6.45, 7) is 1.32. The number of nitrogens with one attached hydrogen (secondary N) is 1. The number of rotatable bonds is 5. The van der Waals surface area contributed by atoms with Crippen LogP contribution in [0.1, 0.15) is 17.3 Å². The molecule has 8 heteroatoms. The van der Waals surface area contributed by atoms with E-state index in [2.05, 4.69) is 9.46 Å². The zero-order valence-electron chi connectivity index (χ0n) is 10.4. The Morgan fingerprint density at radius 2 is 2.00 bits per heavy atom. The van der Waals surface area contributed by atoms with Crippen LogP contribution in [-0.2, 0) is 19.6 Å². The number of carbonyl (C=O) groups excluding carboxylic acids is 2. The summed E-state index contributed by atoms with van der Waals surface area (Å²) in [6, 6.07) is 4.22. The summed E-state index contributed by atoms with van der Waals surface area (Å²) in [5, 5.41) is 0. The van der Waals surface area contributed by atoms with E-state index in [1.54, 1.807) is 0 Å². The van der Waals surface area contributed by atoms with Crippen molar-refractivity contribution in [2.45, 2.75) is 17.9 Å². The minimum absolute atomic E-state index is 0.0945. The van der Waals surface area contributed by atoms with Gasteiger partial charge >= 0.3 is 5.97 Å². The standard InChI is InChI=1S/C11H14N2O5S/c1-7(10(12)14)13-19(16,17)9-5-3-4-8(6-9)11(15)18-2/h3-7,13H,1-2H3,(H2,12,14). The molecule has 0 saturated heterocycles. The summed E-state index contributed by atoms with van der Waals surface area (Å²) in [4.78, 5) is 22.0. The summed E-state index contributed by atoms with van der Waals surface area (Å²) in [7, 11) is -2.74. The summed E-state index contributed by atoms with van der Waals surface area (Å²) in [5.41, 5.74) is 5.08. The highest BCUT2D eigenvalue weighted by Gasteiger charge is 2.21. The van der Waals surface area contributed by atoms with Crippen molar-refractivity contribution in [3.63, 3.8) is 0 Å². The second kappa shape index (κ2) is 5.81. The quantitative estimate of drug-likeness (QED) is 0.716. The summed E-state index contributed by atoms with van der Waals surface area (Å²) in [5.74, 6) is -1.45. The predicted octanol–water partition coefficient (Wildman–Crippen LogP) is -0.375. The fraction of sp³-hybridized carbons (Fsp3) is 0.273. The number of primary amides is 1. The zero-order valence-corrected chi connectivity index (χ0v) is 11.2. The largest absolute Gasteiger partial charge is 0.465 e. The highest BCUT2D eigenvalue weighted by Crippen LogP contribution is 2.12. The third-order valence-corrected chi connectivity index (χ3v) is 3.86. The number of hydrogen-bond acceptors (Lipinski definition) is 5. The van der Waals surface area contributed by atoms with Crippen LogP contribution in [0.2, 0.25) is 0 Å². The van der Waals surface area contributed by atoms with Crippen molar-refractivity contribution in [1.29, 1.82) is 0 Å². The van der Waals surface area contributed by atoms with Crippen LogP contribution in [0.4, 0.5) is 0 Å². The maximum absolute atomic E-state index is 11.9. The fourth-order valence-electron chi connectivity index (χ4n) is 1.27.